The van der Waals surface area contributed by atoms with Crippen molar-refractivity contribution in [2.75, 3.05) is 23.7 Å². The molecule has 0 radical (unpaired) electrons. The number of anilines is 2. The monoisotopic (exact) mass is 266 g/mol. The van der Waals surface area contributed by atoms with Crippen molar-refractivity contribution in [1.29, 1.82) is 0 Å². The lowest BCUT2D eigenvalue weighted by molar-refractivity contribution is 0.0999. The van der Waals surface area contributed by atoms with E-state index in [0.29, 0.717) is 17.8 Å². The van der Waals surface area contributed by atoms with Crippen LogP contribution in [0.5, 0.6) is 0 Å². The van der Waals surface area contributed by atoms with E-state index in [9.17, 15) is 4.79 Å². The third-order valence-electron chi connectivity index (χ3n) is 3.92. The Labute approximate surface area is 119 Å². The van der Waals surface area contributed by atoms with E-state index in [1.807, 2.05) is 31.2 Å². The molecule has 0 amide bonds. The van der Waals surface area contributed by atoms with Gasteiger partial charge in [0.25, 0.3) is 0 Å². The number of hydrogen-bond donors (Lipinski definition) is 1. The number of nitrogen functional groups attached to an aromatic ring is 1. The van der Waals surface area contributed by atoms with Gasteiger partial charge in [-0.05, 0) is 36.6 Å². The van der Waals surface area contributed by atoms with Crippen molar-refractivity contribution in [3.8, 4) is 0 Å². The van der Waals surface area contributed by atoms with Crippen molar-refractivity contribution < 1.29 is 4.79 Å². The Kier molecular flexibility index (Phi) is 3.18. The van der Waals surface area contributed by atoms with E-state index >= 15 is 0 Å². The molecule has 102 valence electrons. The molecule has 0 aromatic heterocycles. The summed E-state index contributed by atoms with van der Waals surface area (Å²) in [7, 11) is 0. The van der Waals surface area contributed by atoms with Gasteiger partial charge in [0, 0.05) is 23.5 Å². The summed E-state index contributed by atoms with van der Waals surface area (Å²) in [6.07, 6.45) is 1.01. The molecule has 0 unspecified atom stereocenters. The number of carbonyl (C=O) groups excluding carboxylic acids is 1. The Morgan fingerprint density at radius 2 is 2.05 bits per heavy atom. The molecule has 0 saturated heterocycles. The van der Waals surface area contributed by atoms with E-state index in [2.05, 4.69) is 17.0 Å². The summed E-state index contributed by atoms with van der Waals surface area (Å²) < 4.78 is 0. The van der Waals surface area contributed by atoms with Gasteiger partial charge in [0.2, 0.25) is 0 Å². The van der Waals surface area contributed by atoms with Gasteiger partial charge in [-0.2, -0.15) is 0 Å². The van der Waals surface area contributed by atoms with Crippen molar-refractivity contribution in [1.82, 2.24) is 0 Å². The van der Waals surface area contributed by atoms with Gasteiger partial charge < -0.3 is 10.6 Å². The summed E-state index contributed by atoms with van der Waals surface area (Å²) in [6.45, 7) is 3.27. The first-order chi connectivity index (χ1) is 9.65. The predicted octanol–water partition coefficient (Wildman–Crippen LogP) is 2.82. The van der Waals surface area contributed by atoms with E-state index in [1.54, 1.807) is 6.07 Å². The predicted molar refractivity (Wildman–Crippen MR) is 82.3 cm³/mol. The van der Waals surface area contributed by atoms with Crippen LogP contribution in [0.15, 0.2) is 42.5 Å². The molecule has 0 fully saturated rings. The minimum absolute atomic E-state index is 0.119. The Balaban J connectivity index is 1.79. The molecule has 3 rings (SSSR count). The van der Waals surface area contributed by atoms with E-state index in [1.165, 1.54) is 11.3 Å². The summed E-state index contributed by atoms with van der Waals surface area (Å²) in [5, 5.41) is 0. The zero-order valence-corrected chi connectivity index (χ0v) is 11.6. The molecule has 0 bridgehead atoms. The highest BCUT2D eigenvalue weighted by atomic mass is 16.1. The SMILES string of the molecule is Cc1ccc(C(=O)CN2CCc3ccccc32)cc1N. The van der Waals surface area contributed by atoms with Crippen LogP contribution in [-0.4, -0.2) is 18.9 Å². The topological polar surface area (TPSA) is 46.3 Å². The Bertz CT molecular complexity index is 664. The fraction of sp³-hybridized carbons (Fsp3) is 0.235. The molecule has 20 heavy (non-hydrogen) atoms. The van der Waals surface area contributed by atoms with E-state index in [-0.39, 0.29) is 5.78 Å². The summed E-state index contributed by atoms with van der Waals surface area (Å²) in [5.41, 5.74) is 10.8. The van der Waals surface area contributed by atoms with Gasteiger partial charge in [-0.25, -0.2) is 0 Å². The van der Waals surface area contributed by atoms with Gasteiger partial charge in [-0.15, -0.1) is 0 Å². The smallest absolute Gasteiger partial charge is 0.182 e. The summed E-state index contributed by atoms with van der Waals surface area (Å²) in [5.74, 6) is 0.119. The van der Waals surface area contributed by atoms with Crippen molar-refractivity contribution in [3.63, 3.8) is 0 Å². The van der Waals surface area contributed by atoms with Crippen molar-refractivity contribution >= 4 is 17.2 Å². The lowest BCUT2D eigenvalue weighted by Crippen LogP contribution is -2.28. The van der Waals surface area contributed by atoms with Crippen LogP contribution in [-0.2, 0) is 6.42 Å². The molecule has 1 aliphatic rings. The Morgan fingerprint density at radius 1 is 1.25 bits per heavy atom. The summed E-state index contributed by atoms with van der Waals surface area (Å²) >= 11 is 0. The van der Waals surface area contributed by atoms with Crippen LogP contribution < -0.4 is 10.6 Å². The standard InChI is InChI=1S/C17H18N2O/c1-12-6-7-14(10-15(12)18)17(20)11-19-9-8-13-4-2-3-5-16(13)19/h2-7,10H,8-9,11,18H2,1H3. The number of nitrogens with two attached hydrogens (primary N) is 1. The molecule has 3 heteroatoms. The second-order valence-corrected chi connectivity index (χ2v) is 5.29. The molecule has 0 aliphatic carbocycles. The van der Waals surface area contributed by atoms with Crippen LogP contribution >= 0.6 is 0 Å². The molecule has 3 nitrogen and oxygen atoms in total. The van der Waals surface area contributed by atoms with Crippen molar-refractivity contribution in [2.24, 2.45) is 0 Å². The van der Waals surface area contributed by atoms with Crippen LogP contribution in [0.4, 0.5) is 11.4 Å². The fourth-order valence-corrected chi connectivity index (χ4v) is 2.65. The highest BCUT2D eigenvalue weighted by molar-refractivity contribution is 6.00. The zero-order chi connectivity index (χ0) is 14.1. The van der Waals surface area contributed by atoms with Gasteiger partial charge in [-0.3, -0.25) is 4.79 Å². The molecule has 0 saturated carbocycles. The zero-order valence-electron chi connectivity index (χ0n) is 11.6. The number of rotatable bonds is 3. The van der Waals surface area contributed by atoms with Crippen LogP contribution in [0.2, 0.25) is 0 Å². The number of fused-ring (bicyclic) bond motifs is 1. The molecule has 0 spiro atoms. The van der Waals surface area contributed by atoms with Gasteiger partial charge in [-0.1, -0.05) is 30.3 Å². The van der Waals surface area contributed by atoms with E-state index in [4.69, 9.17) is 5.73 Å². The van der Waals surface area contributed by atoms with Gasteiger partial charge in [0.1, 0.15) is 0 Å². The van der Waals surface area contributed by atoms with Crippen LogP contribution in [0.1, 0.15) is 21.5 Å². The molecule has 0 atom stereocenters. The van der Waals surface area contributed by atoms with Crippen LogP contribution in [0.25, 0.3) is 0 Å². The normalized spacial score (nSPS) is 13.3. The number of aryl methyl sites for hydroxylation is 1. The number of Topliss-reactive ketones (excluding diaryl/α,β-unsaturated/α-hetero) is 1. The number of benzene rings is 2. The number of hydrogen-bond acceptors (Lipinski definition) is 3. The molecule has 2 N–H and O–H groups in total. The number of nitrogens with zero attached hydrogens (tertiary/aromatic N) is 1. The quantitative estimate of drug-likeness (QED) is 0.686. The number of ketones is 1. The van der Waals surface area contributed by atoms with Gasteiger partial charge >= 0.3 is 0 Å². The molecule has 2 aromatic rings. The summed E-state index contributed by atoms with van der Waals surface area (Å²) in [6, 6.07) is 13.8. The maximum absolute atomic E-state index is 12.4. The van der Waals surface area contributed by atoms with E-state index in [0.717, 1.165) is 18.5 Å². The van der Waals surface area contributed by atoms with Gasteiger partial charge in [0.05, 0.1) is 6.54 Å². The second kappa shape index (κ2) is 5.00. The fourth-order valence-electron chi connectivity index (χ4n) is 2.65. The largest absolute Gasteiger partial charge is 0.398 e. The highest BCUT2D eigenvalue weighted by Crippen LogP contribution is 2.27. The number of para-hydroxylation sites is 1. The average Bonchev–Trinajstić information content (AvgIpc) is 2.85. The van der Waals surface area contributed by atoms with Crippen LogP contribution in [0, 0.1) is 6.92 Å². The number of carbonyl (C=O) groups is 1. The average molecular weight is 266 g/mol. The maximum atomic E-state index is 12.4. The Morgan fingerprint density at radius 3 is 2.85 bits per heavy atom. The molecule has 2 aromatic carbocycles. The molecular formula is C17H18N2O. The second-order valence-electron chi connectivity index (χ2n) is 5.29. The minimum atomic E-state index is 0.119. The molecule has 1 aliphatic heterocycles. The first kappa shape index (κ1) is 12.7. The maximum Gasteiger partial charge on any atom is 0.182 e. The first-order valence-corrected chi connectivity index (χ1v) is 6.87. The lowest BCUT2D eigenvalue weighted by Gasteiger charge is -2.18. The van der Waals surface area contributed by atoms with Crippen LogP contribution in [0.3, 0.4) is 0 Å². The van der Waals surface area contributed by atoms with Crippen molar-refractivity contribution in [3.05, 3.63) is 59.2 Å². The molecular weight excluding hydrogens is 248 g/mol. The third kappa shape index (κ3) is 2.27. The minimum Gasteiger partial charge on any atom is -0.398 e. The third-order valence-corrected chi connectivity index (χ3v) is 3.92. The lowest BCUT2D eigenvalue weighted by atomic mass is 10.1. The Hall–Kier alpha value is -2.29. The van der Waals surface area contributed by atoms with Gasteiger partial charge in [0.15, 0.2) is 5.78 Å². The first-order valence-electron chi connectivity index (χ1n) is 6.87. The highest BCUT2D eigenvalue weighted by Gasteiger charge is 2.21. The molecule has 1 heterocycles. The summed E-state index contributed by atoms with van der Waals surface area (Å²) in [4.78, 5) is 14.5. The van der Waals surface area contributed by atoms with Crippen molar-refractivity contribution in [2.45, 2.75) is 13.3 Å². The van der Waals surface area contributed by atoms with E-state index < -0.39 is 0 Å².